The van der Waals surface area contributed by atoms with Gasteiger partial charge in [0.25, 0.3) is 0 Å². The quantitative estimate of drug-likeness (QED) is 0.567. The van der Waals surface area contributed by atoms with Gasteiger partial charge in [-0.3, -0.25) is 0 Å². The molecule has 1 nitrogen and oxygen atoms in total. The largest absolute Gasteiger partial charge is 0.310 e. The van der Waals surface area contributed by atoms with Gasteiger partial charge in [0.1, 0.15) is 0 Å². The standard InChI is InChI=1S/C21H22ClN/c1-16(19-13-6-10-17-8-2-4-12-20(17)19)23-15-7-11-18-9-3-5-14-21(18)22/h2-6,8-10,12-14,16,23H,7,11,15H2,1H3/t16-/m1/s1. The van der Waals surface area contributed by atoms with E-state index in [-0.39, 0.29) is 0 Å². The average Bonchev–Trinajstić information content (AvgIpc) is 2.59. The Labute approximate surface area is 143 Å². The van der Waals surface area contributed by atoms with E-state index in [2.05, 4.69) is 60.8 Å². The fourth-order valence-electron chi connectivity index (χ4n) is 3.04. The van der Waals surface area contributed by atoms with E-state index >= 15 is 0 Å². The Morgan fingerprint density at radius 3 is 2.52 bits per heavy atom. The summed E-state index contributed by atoms with van der Waals surface area (Å²) >= 11 is 6.21. The lowest BCUT2D eigenvalue weighted by Gasteiger charge is -2.16. The molecule has 0 saturated heterocycles. The molecule has 3 aromatic rings. The van der Waals surface area contributed by atoms with Gasteiger partial charge in [-0.15, -0.1) is 0 Å². The Bertz CT molecular complexity index is 776. The van der Waals surface area contributed by atoms with Gasteiger partial charge < -0.3 is 5.32 Å². The number of aryl methyl sites for hydroxylation is 1. The molecule has 1 N–H and O–H groups in total. The average molecular weight is 324 g/mol. The lowest BCUT2D eigenvalue weighted by molar-refractivity contribution is 0.561. The molecule has 23 heavy (non-hydrogen) atoms. The maximum atomic E-state index is 6.21. The van der Waals surface area contributed by atoms with Crippen molar-refractivity contribution in [3.05, 3.63) is 82.9 Å². The van der Waals surface area contributed by atoms with Crippen LogP contribution < -0.4 is 5.32 Å². The van der Waals surface area contributed by atoms with E-state index in [1.54, 1.807) is 0 Å². The minimum atomic E-state index is 0.340. The zero-order valence-corrected chi connectivity index (χ0v) is 14.2. The molecule has 0 aromatic heterocycles. The first-order valence-electron chi connectivity index (χ1n) is 8.20. The summed E-state index contributed by atoms with van der Waals surface area (Å²) in [6, 6.07) is 23.5. The summed E-state index contributed by atoms with van der Waals surface area (Å²) in [7, 11) is 0. The highest BCUT2D eigenvalue weighted by Crippen LogP contribution is 2.24. The van der Waals surface area contributed by atoms with Crippen molar-refractivity contribution < 1.29 is 0 Å². The monoisotopic (exact) mass is 323 g/mol. The number of nitrogens with one attached hydrogen (secondary N) is 1. The smallest absolute Gasteiger partial charge is 0.0437 e. The minimum absolute atomic E-state index is 0.340. The number of benzene rings is 3. The zero-order valence-electron chi connectivity index (χ0n) is 13.4. The first kappa shape index (κ1) is 16.0. The Morgan fingerprint density at radius 2 is 1.65 bits per heavy atom. The lowest BCUT2D eigenvalue weighted by atomic mass is 9.99. The topological polar surface area (TPSA) is 12.0 Å². The van der Waals surface area contributed by atoms with Gasteiger partial charge in [-0.1, -0.05) is 72.3 Å². The number of rotatable bonds is 6. The van der Waals surface area contributed by atoms with Crippen molar-refractivity contribution in [2.24, 2.45) is 0 Å². The summed E-state index contributed by atoms with van der Waals surface area (Å²) in [5.74, 6) is 0. The zero-order chi connectivity index (χ0) is 16.1. The molecular weight excluding hydrogens is 302 g/mol. The van der Waals surface area contributed by atoms with E-state index in [1.807, 2.05) is 18.2 Å². The number of hydrogen-bond donors (Lipinski definition) is 1. The summed E-state index contributed by atoms with van der Waals surface area (Å²) in [4.78, 5) is 0. The summed E-state index contributed by atoms with van der Waals surface area (Å²) < 4.78 is 0. The number of fused-ring (bicyclic) bond motifs is 1. The van der Waals surface area contributed by atoms with E-state index < -0.39 is 0 Å². The Morgan fingerprint density at radius 1 is 0.913 bits per heavy atom. The number of halogens is 1. The van der Waals surface area contributed by atoms with Crippen LogP contribution in [0.1, 0.15) is 30.5 Å². The number of hydrogen-bond acceptors (Lipinski definition) is 1. The molecule has 0 aliphatic rings. The van der Waals surface area contributed by atoms with Gasteiger partial charge in [-0.25, -0.2) is 0 Å². The SMILES string of the molecule is C[C@@H](NCCCc1ccccc1Cl)c1cccc2ccccc12. The second kappa shape index (κ2) is 7.63. The highest BCUT2D eigenvalue weighted by atomic mass is 35.5. The van der Waals surface area contributed by atoms with Crippen molar-refractivity contribution in [3.63, 3.8) is 0 Å². The molecule has 0 spiro atoms. The predicted octanol–water partition coefficient (Wildman–Crippen LogP) is 5.78. The van der Waals surface area contributed by atoms with Crippen LogP contribution >= 0.6 is 11.6 Å². The highest BCUT2D eigenvalue weighted by molar-refractivity contribution is 6.31. The van der Waals surface area contributed by atoms with Crippen molar-refractivity contribution in [3.8, 4) is 0 Å². The molecule has 0 aliphatic carbocycles. The molecular formula is C21H22ClN. The van der Waals surface area contributed by atoms with Crippen LogP contribution in [-0.2, 0) is 6.42 Å². The molecule has 0 aliphatic heterocycles. The van der Waals surface area contributed by atoms with Gasteiger partial charge >= 0.3 is 0 Å². The third-order valence-electron chi connectivity index (χ3n) is 4.32. The molecule has 0 fully saturated rings. The molecule has 0 radical (unpaired) electrons. The molecule has 0 unspecified atom stereocenters. The Kier molecular flexibility index (Phi) is 5.32. The van der Waals surface area contributed by atoms with E-state index in [0.29, 0.717) is 6.04 Å². The first-order valence-corrected chi connectivity index (χ1v) is 8.58. The molecule has 0 saturated carbocycles. The van der Waals surface area contributed by atoms with E-state index in [4.69, 9.17) is 11.6 Å². The molecule has 0 bridgehead atoms. The van der Waals surface area contributed by atoms with Gasteiger partial charge in [-0.2, -0.15) is 0 Å². The molecule has 0 heterocycles. The normalized spacial score (nSPS) is 12.4. The fraction of sp³-hybridized carbons (Fsp3) is 0.238. The van der Waals surface area contributed by atoms with Crippen molar-refractivity contribution in [1.82, 2.24) is 5.32 Å². The maximum absolute atomic E-state index is 6.21. The van der Waals surface area contributed by atoms with E-state index in [0.717, 1.165) is 24.4 Å². The first-order chi connectivity index (χ1) is 11.3. The summed E-state index contributed by atoms with van der Waals surface area (Å²) in [6.07, 6.45) is 2.09. The van der Waals surface area contributed by atoms with Crippen LogP contribution in [0.15, 0.2) is 66.7 Å². The van der Waals surface area contributed by atoms with Crippen LogP contribution in [0.5, 0.6) is 0 Å². The lowest BCUT2D eigenvalue weighted by Crippen LogP contribution is -2.20. The van der Waals surface area contributed by atoms with E-state index in [9.17, 15) is 0 Å². The van der Waals surface area contributed by atoms with E-state index in [1.165, 1.54) is 21.9 Å². The van der Waals surface area contributed by atoms with Crippen LogP contribution in [0, 0.1) is 0 Å². The van der Waals surface area contributed by atoms with Gasteiger partial charge in [0.2, 0.25) is 0 Å². The molecule has 3 aromatic carbocycles. The van der Waals surface area contributed by atoms with Crippen LogP contribution in [0.25, 0.3) is 10.8 Å². The summed E-state index contributed by atoms with van der Waals surface area (Å²) in [5, 5.41) is 7.14. The summed E-state index contributed by atoms with van der Waals surface area (Å²) in [5.41, 5.74) is 2.59. The van der Waals surface area contributed by atoms with Crippen molar-refractivity contribution in [2.45, 2.75) is 25.8 Å². The molecule has 0 amide bonds. The third kappa shape index (κ3) is 3.93. The van der Waals surface area contributed by atoms with Crippen LogP contribution in [-0.4, -0.2) is 6.54 Å². The van der Waals surface area contributed by atoms with Crippen LogP contribution in [0.4, 0.5) is 0 Å². The fourth-order valence-corrected chi connectivity index (χ4v) is 3.27. The van der Waals surface area contributed by atoms with Crippen molar-refractivity contribution >= 4 is 22.4 Å². The third-order valence-corrected chi connectivity index (χ3v) is 4.69. The van der Waals surface area contributed by atoms with Crippen LogP contribution in [0.2, 0.25) is 5.02 Å². The van der Waals surface area contributed by atoms with Crippen LogP contribution in [0.3, 0.4) is 0 Å². The van der Waals surface area contributed by atoms with Crippen molar-refractivity contribution in [2.75, 3.05) is 6.54 Å². The molecule has 3 rings (SSSR count). The summed E-state index contributed by atoms with van der Waals surface area (Å²) in [6.45, 7) is 3.22. The molecule has 1 atom stereocenters. The Hall–Kier alpha value is -1.83. The second-order valence-electron chi connectivity index (χ2n) is 5.94. The maximum Gasteiger partial charge on any atom is 0.0437 e. The molecule has 118 valence electrons. The minimum Gasteiger partial charge on any atom is -0.310 e. The Balaban J connectivity index is 1.59. The second-order valence-corrected chi connectivity index (χ2v) is 6.35. The predicted molar refractivity (Wildman–Crippen MR) is 100 cm³/mol. The van der Waals surface area contributed by atoms with Crippen molar-refractivity contribution in [1.29, 1.82) is 0 Å². The molecule has 2 heteroatoms. The van der Waals surface area contributed by atoms with Gasteiger partial charge in [0.15, 0.2) is 0 Å². The van der Waals surface area contributed by atoms with Gasteiger partial charge in [0, 0.05) is 11.1 Å². The highest BCUT2D eigenvalue weighted by Gasteiger charge is 2.08. The van der Waals surface area contributed by atoms with Gasteiger partial charge in [0.05, 0.1) is 0 Å². The van der Waals surface area contributed by atoms with Gasteiger partial charge in [-0.05, 0) is 54.3 Å².